The van der Waals surface area contributed by atoms with Crippen LogP contribution in [0, 0.1) is 0 Å². The van der Waals surface area contributed by atoms with Gasteiger partial charge in [0.25, 0.3) is 5.91 Å². The number of aromatic nitrogens is 1. The molecule has 1 fully saturated rings. The van der Waals surface area contributed by atoms with Crippen LogP contribution < -0.4 is 5.32 Å². The Balaban J connectivity index is 1.59. The van der Waals surface area contributed by atoms with Crippen LogP contribution in [0.15, 0.2) is 29.7 Å². The predicted octanol–water partition coefficient (Wildman–Crippen LogP) is 0.548. The molecule has 2 aliphatic heterocycles. The van der Waals surface area contributed by atoms with E-state index < -0.39 is 0 Å². The van der Waals surface area contributed by atoms with Gasteiger partial charge in [-0.1, -0.05) is 11.2 Å². The number of nitrogens with one attached hydrogen (secondary N) is 1. The molecule has 6 nitrogen and oxygen atoms in total. The van der Waals surface area contributed by atoms with Crippen LogP contribution in [0.5, 0.6) is 0 Å². The van der Waals surface area contributed by atoms with E-state index in [0.717, 1.165) is 26.1 Å². The number of amides is 1. The first kappa shape index (κ1) is 13.1. The van der Waals surface area contributed by atoms with E-state index in [4.69, 9.17) is 4.84 Å². The fourth-order valence-corrected chi connectivity index (χ4v) is 2.82. The molecule has 3 heterocycles. The monoisotopic (exact) mass is 274 g/mol. The number of carbonyl (C=O) groups excluding carboxylic acids is 1. The molecule has 1 atom stereocenters. The van der Waals surface area contributed by atoms with E-state index in [0.29, 0.717) is 12.1 Å². The largest absolute Gasteiger partial charge is 0.387 e. The van der Waals surface area contributed by atoms with Crippen LogP contribution in [0.3, 0.4) is 0 Å². The Morgan fingerprint density at radius 3 is 3.25 bits per heavy atom. The lowest BCUT2D eigenvalue weighted by Crippen LogP contribution is -2.36. The molecule has 1 saturated heterocycles. The first-order chi connectivity index (χ1) is 9.71. The molecule has 0 unspecified atom stereocenters. The van der Waals surface area contributed by atoms with E-state index in [9.17, 15) is 4.79 Å². The number of likely N-dealkylation sites (tertiary alicyclic amines) is 1. The summed E-state index contributed by atoms with van der Waals surface area (Å²) in [5.74, 6) is -0.146. The minimum atomic E-state index is -0.315. The van der Waals surface area contributed by atoms with Crippen molar-refractivity contribution in [1.82, 2.24) is 15.2 Å². The molecule has 106 valence electrons. The van der Waals surface area contributed by atoms with Gasteiger partial charge in [0.2, 0.25) is 0 Å². The molecule has 6 heteroatoms. The van der Waals surface area contributed by atoms with Crippen LogP contribution in [0.2, 0.25) is 0 Å². The molecule has 0 aliphatic carbocycles. The number of oxime groups is 1. The molecule has 20 heavy (non-hydrogen) atoms. The Morgan fingerprint density at radius 2 is 2.50 bits per heavy atom. The summed E-state index contributed by atoms with van der Waals surface area (Å²) in [5.41, 5.74) is 1.37. The van der Waals surface area contributed by atoms with Crippen LogP contribution >= 0.6 is 0 Å². The zero-order valence-corrected chi connectivity index (χ0v) is 11.5. The smallest absolute Gasteiger partial charge is 0.268 e. The van der Waals surface area contributed by atoms with Gasteiger partial charge in [0, 0.05) is 51.9 Å². The van der Waals surface area contributed by atoms with Gasteiger partial charge in [-0.3, -0.25) is 14.7 Å². The Labute approximate surface area is 117 Å². The molecule has 0 saturated carbocycles. The molecule has 1 amide bonds. The SMILES string of the molecule is CNC(=O)C1=NO[C@]2(CCN(Cc3cccnc3)C2)C1. The first-order valence-electron chi connectivity index (χ1n) is 6.79. The lowest BCUT2D eigenvalue weighted by molar-refractivity contribution is -0.114. The number of hydrogen-bond donors (Lipinski definition) is 1. The number of hydrogen-bond acceptors (Lipinski definition) is 5. The van der Waals surface area contributed by atoms with Gasteiger partial charge >= 0.3 is 0 Å². The van der Waals surface area contributed by atoms with Crippen molar-refractivity contribution in [3.8, 4) is 0 Å². The number of carbonyl (C=O) groups is 1. The molecular weight excluding hydrogens is 256 g/mol. The summed E-state index contributed by atoms with van der Waals surface area (Å²) in [4.78, 5) is 23.6. The predicted molar refractivity (Wildman–Crippen MR) is 74.1 cm³/mol. The second kappa shape index (κ2) is 5.20. The van der Waals surface area contributed by atoms with Gasteiger partial charge in [-0.05, 0) is 11.6 Å². The van der Waals surface area contributed by atoms with E-state index in [1.54, 1.807) is 13.2 Å². The van der Waals surface area contributed by atoms with Gasteiger partial charge in [-0.25, -0.2) is 0 Å². The van der Waals surface area contributed by atoms with Crippen LogP contribution in [0.1, 0.15) is 18.4 Å². The minimum Gasteiger partial charge on any atom is -0.387 e. The quantitative estimate of drug-likeness (QED) is 0.874. The second-order valence-corrected chi connectivity index (χ2v) is 5.39. The van der Waals surface area contributed by atoms with Crippen molar-refractivity contribution >= 4 is 11.6 Å². The van der Waals surface area contributed by atoms with Crippen molar-refractivity contribution in [2.24, 2.45) is 5.16 Å². The lowest BCUT2D eigenvalue weighted by Gasteiger charge is -2.21. The van der Waals surface area contributed by atoms with Crippen molar-refractivity contribution in [2.75, 3.05) is 20.1 Å². The topological polar surface area (TPSA) is 66.8 Å². The number of nitrogens with zero attached hydrogens (tertiary/aromatic N) is 3. The average molecular weight is 274 g/mol. The summed E-state index contributed by atoms with van der Waals surface area (Å²) in [6.45, 7) is 2.60. The van der Waals surface area contributed by atoms with Crippen molar-refractivity contribution in [2.45, 2.75) is 25.0 Å². The highest BCUT2D eigenvalue weighted by molar-refractivity contribution is 6.39. The number of pyridine rings is 1. The fraction of sp³-hybridized carbons (Fsp3) is 0.500. The van der Waals surface area contributed by atoms with Crippen LogP contribution in [-0.4, -0.2) is 47.2 Å². The molecule has 1 N–H and O–H groups in total. The summed E-state index contributed by atoms with van der Waals surface area (Å²) in [5, 5.41) is 6.54. The third-order valence-corrected chi connectivity index (χ3v) is 3.85. The minimum absolute atomic E-state index is 0.146. The molecule has 3 rings (SSSR count). The van der Waals surface area contributed by atoms with Crippen molar-refractivity contribution < 1.29 is 9.63 Å². The van der Waals surface area contributed by atoms with E-state index in [1.165, 1.54) is 5.56 Å². The van der Waals surface area contributed by atoms with E-state index >= 15 is 0 Å². The summed E-state index contributed by atoms with van der Waals surface area (Å²) in [7, 11) is 1.61. The van der Waals surface area contributed by atoms with Crippen LogP contribution in [0.4, 0.5) is 0 Å². The third-order valence-electron chi connectivity index (χ3n) is 3.85. The zero-order chi connectivity index (χ0) is 14.0. The van der Waals surface area contributed by atoms with Gasteiger partial charge < -0.3 is 10.2 Å². The molecule has 0 radical (unpaired) electrons. The van der Waals surface area contributed by atoms with Crippen molar-refractivity contribution in [3.63, 3.8) is 0 Å². The summed E-state index contributed by atoms with van der Waals surface area (Å²) < 4.78 is 0. The van der Waals surface area contributed by atoms with E-state index in [2.05, 4.69) is 26.4 Å². The maximum atomic E-state index is 11.6. The van der Waals surface area contributed by atoms with Crippen molar-refractivity contribution in [1.29, 1.82) is 0 Å². The van der Waals surface area contributed by atoms with Crippen LogP contribution in [0.25, 0.3) is 0 Å². The molecule has 0 aromatic carbocycles. The molecule has 1 aromatic rings. The van der Waals surface area contributed by atoms with Gasteiger partial charge in [0.05, 0.1) is 0 Å². The molecular formula is C14H18N4O2. The Bertz CT molecular complexity index is 531. The summed E-state index contributed by atoms with van der Waals surface area (Å²) >= 11 is 0. The highest BCUT2D eigenvalue weighted by Crippen LogP contribution is 2.34. The lowest BCUT2D eigenvalue weighted by atomic mass is 9.96. The fourth-order valence-electron chi connectivity index (χ4n) is 2.82. The first-order valence-corrected chi connectivity index (χ1v) is 6.79. The zero-order valence-electron chi connectivity index (χ0n) is 11.5. The maximum absolute atomic E-state index is 11.6. The third kappa shape index (κ3) is 2.51. The molecule has 1 spiro atoms. The molecule has 0 bridgehead atoms. The van der Waals surface area contributed by atoms with Gasteiger partial charge in [0.1, 0.15) is 5.71 Å². The Morgan fingerprint density at radius 1 is 1.60 bits per heavy atom. The van der Waals surface area contributed by atoms with Gasteiger partial charge in [-0.15, -0.1) is 0 Å². The highest BCUT2D eigenvalue weighted by atomic mass is 16.7. The second-order valence-electron chi connectivity index (χ2n) is 5.39. The average Bonchev–Trinajstić information content (AvgIpc) is 3.07. The maximum Gasteiger partial charge on any atom is 0.268 e. The van der Waals surface area contributed by atoms with Gasteiger partial charge in [0.15, 0.2) is 5.60 Å². The standard InChI is InChI=1S/C14H18N4O2/c1-15-13(19)12-7-14(20-17-12)4-6-18(10-14)9-11-3-2-5-16-8-11/h2-3,5,8H,4,6-7,9-10H2,1H3,(H,15,19)/t14-/m1/s1. The van der Waals surface area contributed by atoms with Gasteiger partial charge in [-0.2, -0.15) is 0 Å². The molecule has 1 aromatic heterocycles. The van der Waals surface area contributed by atoms with E-state index in [-0.39, 0.29) is 11.5 Å². The summed E-state index contributed by atoms with van der Waals surface area (Å²) in [6.07, 6.45) is 5.15. The highest BCUT2D eigenvalue weighted by Gasteiger charge is 2.46. The summed E-state index contributed by atoms with van der Waals surface area (Å²) in [6, 6.07) is 4.01. The normalized spacial score (nSPS) is 25.6. The molecule has 2 aliphatic rings. The van der Waals surface area contributed by atoms with Crippen LogP contribution in [-0.2, 0) is 16.2 Å². The number of rotatable bonds is 3. The Hall–Kier alpha value is -1.95. The van der Waals surface area contributed by atoms with E-state index in [1.807, 2.05) is 12.3 Å². The van der Waals surface area contributed by atoms with Crippen molar-refractivity contribution in [3.05, 3.63) is 30.1 Å². The Kier molecular flexibility index (Phi) is 3.40.